The van der Waals surface area contributed by atoms with E-state index in [9.17, 15) is 27.9 Å². The number of nitrogens with zero attached hydrogens (tertiary/aromatic N) is 2. The van der Waals surface area contributed by atoms with Gasteiger partial charge in [0, 0.05) is 32.7 Å². The van der Waals surface area contributed by atoms with Crippen LogP contribution in [-0.4, -0.2) is 66.7 Å². The third-order valence-corrected chi connectivity index (χ3v) is 7.56. The molecule has 2 aromatic rings. The molecule has 0 spiro atoms. The number of ether oxygens (including phenoxy) is 1. The Morgan fingerprint density at radius 2 is 1.69 bits per heavy atom. The number of hydrogen-bond acceptors (Lipinski definition) is 4. The summed E-state index contributed by atoms with van der Waals surface area (Å²) in [7, 11) is 3.31. The summed E-state index contributed by atoms with van der Waals surface area (Å²) in [5.74, 6) is -0.714. The second-order valence-electron chi connectivity index (χ2n) is 11.1. The Bertz CT molecular complexity index is 1150. The molecule has 10 heteroatoms. The van der Waals surface area contributed by atoms with Crippen molar-refractivity contribution in [1.82, 2.24) is 9.80 Å². The Balaban J connectivity index is 1.52. The van der Waals surface area contributed by atoms with Crippen LogP contribution in [0.4, 0.5) is 13.2 Å². The number of hydrogen-bond donors (Lipinski definition) is 1. The first kappa shape index (κ1) is 30.8. The predicted octanol–water partition coefficient (Wildman–Crippen LogP) is 5.92. The highest BCUT2D eigenvalue weighted by Crippen LogP contribution is 2.41. The molecule has 1 N–H and O–H groups in total. The summed E-state index contributed by atoms with van der Waals surface area (Å²) in [6.45, 7) is 4.86. The van der Waals surface area contributed by atoms with Crippen molar-refractivity contribution in [3.05, 3.63) is 64.7 Å². The van der Waals surface area contributed by atoms with E-state index in [4.69, 9.17) is 16.3 Å². The average Bonchev–Trinajstić information content (AvgIpc) is 2.90. The van der Waals surface area contributed by atoms with Gasteiger partial charge in [0.15, 0.2) is 0 Å². The third kappa shape index (κ3) is 7.25. The largest absolute Gasteiger partial charge is 0.493 e. The highest BCUT2D eigenvalue weighted by atomic mass is 35.5. The highest BCUT2D eigenvalue weighted by molar-refractivity contribution is 6.34. The van der Waals surface area contributed by atoms with Crippen LogP contribution in [0.15, 0.2) is 48.5 Å². The standard InChI is InChI=1S/C29H36ClF3N2O4/c1-27(2,19-39-22-10-11-23(24(30)18-22)25(36)34(3)4)15-12-20-13-16-35(17-14-20)26(37)28(38,29(31,32)33)21-8-6-5-7-9-21/h5-11,18,20,38H,12-17,19H2,1-4H3. The van der Waals surface area contributed by atoms with Crippen molar-refractivity contribution in [2.24, 2.45) is 11.3 Å². The predicted molar refractivity (Wildman–Crippen MR) is 144 cm³/mol. The van der Waals surface area contributed by atoms with Crippen LogP contribution in [0.25, 0.3) is 0 Å². The maximum Gasteiger partial charge on any atom is 0.430 e. The molecule has 0 aliphatic carbocycles. The first-order chi connectivity index (χ1) is 18.2. The van der Waals surface area contributed by atoms with Crippen molar-refractivity contribution in [2.75, 3.05) is 33.8 Å². The number of aliphatic hydroxyl groups is 1. The van der Waals surface area contributed by atoms with Gasteiger partial charge in [-0.1, -0.05) is 55.8 Å². The fourth-order valence-electron chi connectivity index (χ4n) is 4.69. The zero-order chi connectivity index (χ0) is 29.0. The van der Waals surface area contributed by atoms with E-state index in [1.54, 1.807) is 32.3 Å². The Morgan fingerprint density at radius 3 is 2.23 bits per heavy atom. The van der Waals surface area contributed by atoms with Gasteiger partial charge in [0.1, 0.15) is 5.75 Å². The van der Waals surface area contributed by atoms with Gasteiger partial charge >= 0.3 is 6.18 Å². The number of likely N-dealkylation sites (tertiary alicyclic amines) is 1. The summed E-state index contributed by atoms with van der Waals surface area (Å²) in [6.07, 6.45) is -2.38. The van der Waals surface area contributed by atoms with E-state index < -0.39 is 23.2 Å². The van der Waals surface area contributed by atoms with Gasteiger partial charge in [-0.05, 0) is 55.2 Å². The minimum absolute atomic E-state index is 0.155. The van der Waals surface area contributed by atoms with Gasteiger partial charge in [-0.15, -0.1) is 0 Å². The van der Waals surface area contributed by atoms with Crippen molar-refractivity contribution >= 4 is 23.4 Å². The zero-order valence-electron chi connectivity index (χ0n) is 22.7. The Kier molecular flexibility index (Phi) is 9.60. The van der Waals surface area contributed by atoms with Gasteiger partial charge in [0.2, 0.25) is 0 Å². The lowest BCUT2D eigenvalue weighted by Crippen LogP contribution is -2.57. The molecule has 1 aliphatic heterocycles. The molecular weight excluding hydrogens is 533 g/mol. The van der Waals surface area contributed by atoms with Crippen LogP contribution in [0, 0.1) is 11.3 Å². The van der Waals surface area contributed by atoms with Crippen LogP contribution in [0.3, 0.4) is 0 Å². The molecule has 1 fully saturated rings. The molecule has 0 saturated carbocycles. The van der Waals surface area contributed by atoms with Gasteiger partial charge in [-0.2, -0.15) is 13.2 Å². The number of halogens is 4. The molecule has 1 saturated heterocycles. The quantitative estimate of drug-likeness (QED) is 0.408. The molecule has 0 bridgehead atoms. The van der Waals surface area contributed by atoms with Gasteiger partial charge in [0.05, 0.1) is 17.2 Å². The van der Waals surface area contributed by atoms with Crippen molar-refractivity contribution in [3.8, 4) is 5.75 Å². The number of rotatable bonds is 9. The number of benzene rings is 2. The summed E-state index contributed by atoms with van der Waals surface area (Å²) in [4.78, 5) is 27.7. The molecule has 1 unspecified atom stereocenters. The number of carbonyl (C=O) groups is 2. The maximum absolute atomic E-state index is 13.9. The smallest absolute Gasteiger partial charge is 0.430 e. The lowest BCUT2D eigenvalue weighted by atomic mass is 9.82. The molecule has 2 aromatic carbocycles. The summed E-state index contributed by atoms with van der Waals surface area (Å²) in [5.41, 5.74) is -3.84. The molecule has 0 radical (unpaired) electrons. The second kappa shape index (κ2) is 12.2. The van der Waals surface area contributed by atoms with E-state index in [0.717, 1.165) is 29.9 Å². The van der Waals surface area contributed by atoms with E-state index in [1.165, 1.54) is 23.1 Å². The maximum atomic E-state index is 13.9. The summed E-state index contributed by atoms with van der Waals surface area (Å²) >= 11 is 6.27. The third-order valence-electron chi connectivity index (χ3n) is 7.25. The zero-order valence-corrected chi connectivity index (χ0v) is 23.5. The van der Waals surface area contributed by atoms with E-state index in [-0.39, 0.29) is 30.3 Å². The fraction of sp³-hybridized carbons (Fsp3) is 0.517. The first-order valence-electron chi connectivity index (χ1n) is 12.9. The second-order valence-corrected chi connectivity index (χ2v) is 11.5. The van der Waals surface area contributed by atoms with Gasteiger partial charge < -0.3 is 19.6 Å². The molecule has 3 rings (SSSR count). The molecule has 1 atom stereocenters. The summed E-state index contributed by atoms with van der Waals surface area (Å²) in [6, 6.07) is 11.5. The lowest BCUT2D eigenvalue weighted by molar-refractivity contribution is -0.262. The topological polar surface area (TPSA) is 70.1 Å². The fourth-order valence-corrected chi connectivity index (χ4v) is 4.94. The molecule has 214 valence electrons. The SMILES string of the molecule is CN(C)C(=O)c1ccc(OCC(C)(C)CCC2CCN(C(=O)C(O)(c3ccccc3)C(F)(F)F)CC2)cc1Cl. The Hall–Kier alpha value is -2.78. The normalized spacial score (nSPS) is 16.5. The molecule has 0 aromatic heterocycles. The molecule has 39 heavy (non-hydrogen) atoms. The summed E-state index contributed by atoms with van der Waals surface area (Å²) in [5, 5.41) is 10.9. The van der Waals surface area contributed by atoms with Crippen LogP contribution in [0.1, 0.15) is 55.5 Å². The molecular formula is C29H36ClF3N2O4. The number of amides is 2. The van der Waals surface area contributed by atoms with Crippen LogP contribution in [0.5, 0.6) is 5.75 Å². The van der Waals surface area contributed by atoms with Crippen molar-refractivity contribution in [3.63, 3.8) is 0 Å². The van der Waals surface area contributed by atoms with Gasteiger partial charge in [-0.25, -0.2) is 0 Å². The molecule has 1 heterocycles. The summed E-state index contributed by atoms with van der Waals surface area (Å²) < 4.78 is 47.6. The van der Waals surface area contributed by atoms with E-state index in [1.807, 2.05) is 0 Å². The molecule has 1 aliphatic rings. The Labute approximate surface area is 232 Å². The first-order valence-corrected chi connectivity index (χ1v) is 13.3. The number of piperidine rings is 1. The van der Waals surface area contributed by atoms with Crippen molar-refractivity contribution in [1.29, 1.82) is 0 Å². The van der Waals surface area contributed by atoms with Gasteiger partial charge in [0.25, 0.3) is 17.4 Å². The number of carbonyl (C=O) groups excluding carboxylic acids is 2. The van der Waals surface area contributed by atoms with Crippen molar-refractivity contribution < 1.29 is 32.6 Å². The average molecular weight is 569 g/mol. The molecule has 2 amide bonds. The van der Waals surface area contributed by atoms with Crippen molar-refractivity contribution in [2.45, 2.75) is 51.3 Å². The van der Waals surface area contributed by atoms with Crippen LogP contribution >= 0.6 is 11.6 Å². The lowest BCUT2D eigenvalue weighted by Gasteiger charge is -2.39. The minimum atomic E-state index is -5.14. The van der Waals surface area contributed by atoms with Gasteiger partial charge in [-0.3, -0.25) is 9.59 Å². The number of alkyl halides is 3. The van der Waals surface area contributed by atoms with Crippen LogP contribution < -0.4 is 4.74 Å². The minimum Gasteiger partial charge on any atom is -0.493 e. The van der Waals surface area contributed by atoms with E-state index in [2.05, 4.69) is 13.8 Å². The van der Waals surface area contributed by atoms with Crippen LogP contribution in [-0.2, 0) is 10.4 Å². The highest BCUT2D eigenvalue weighted by Gasteiger charge is 2.62. The van der Waals surface area contributed by atoms with E-state index >= 15 is 0 Å². The monoisotopic (exact) mass is 568 g/mol. The van der Waals surface area contributed by atoms with E-state index in [0.29, 0.717) is 35.8 Å². The van der Waals surface area contributed by atoms with Crippen LogP contribution in [0.2, 0.25) is 5.02 Å². The Morgan fingerprint density at radius 1 is 1.08 bits per heavy atom. The molecule has 6 nitrogen and oxygen atoms in total.